The third-order valence-corrected chi connectivity index (χ3v) is 5.68. The average Bonchev–Trinajstić information content (AvgIpc) is 3.16. The van der Waals surface area contributed by atoms with Crippen molar-refractivity contribution in [3.05, 3.63) is 78.6 Å². The molecular formula is C21H22N2O4S. The predicted molar refractivity (Wildman–Crippen MR) is 108 cm³/mol. The van der Waals surface area contributed by atoms with Crippen molar-refractivity contribution in [1.82, 2.24) is 9.88 Å². The van der Waals surface area contributed by atoms with E-state index in [1.807, 2.05) is 18.2 Å². The van der Waals surface area contributed by atoms with Crippen molar-refractivity contribution in [2.75, 3.05) is 13.2 Å². The second kappa shape index (κ2) is 9.52. The van der Waals surface area contributed by atoms with Crippen LogP contribution in [0.1, 0.15) is 28.4 Å². The molecule has 3 atom stereocenters. The fraction of sp³-hybridized carbons (Fsp3) is 0.286. The number of amides is 1. The van der Waals surface area contributed by atoms with Crippen molar-refractivity contribution in [3.63, 3.8) is 0 Å². The summed E-state index contributed by atoms with van der Waals surface area (Å²) in [6, 6.07) is 12.0. The molecule has 1 amide bonds. The maximum atomic E-state index is 12.5. The predicted octanol–water partition coefficient (Wildman–Crippen LogP) is 3.45. The maximum absolute atomic E-state index is 12.5. The molecule has 0 saturated carbocycles. The molecule has 28 heavy (non-hydrogen) atoms. The zero-order valence-electron chi connectivity index (χ0n) is 15.3. The molecule has 146 valence electrons. The lowest BCUT2D eigenvalue weighted by molar-refractivity contribution is 0.0551. The zero-order valence-corrected chi connectivity index (χ0v) is 16.1. The van der Waals surface area contributed by atoms with Gasteiger partial charge in [-0.1, -0.05) is 54.7 Å². The molecule has 2 heterocycles. The third kappa shape index (κ3) is 4.79. The minimum atomic E-state index is -0.892. The number of carbonyl (C=O) groups is 2. The lowest BCUT2D eigenvalue weighted by Crippen LogP contribution is -2.39. The first-order chi connectivity index (χ1) is 13.6. The van der Waals surface area contributed by atoms with Crippen LogP contribution < -0.4 is 0 Å². The van der Waals surface area contributed by atoms with Gasteiger partial charge in [0.15, 0.2) is 0 Å². The van der Waals surface area contributed by atoms with Crippen LogP contribution in [0.3, 0.4) is 0 Å². The number of hydrogen-bond donors (Lipinski definition) is 1. The Labute approximate surface area is 168 Å². The van der Waals surface area contributed by atoms with E-state index >= 15 is 0 Å². The lowest BCUT2D eigenvalue weighted by Gasteiger charge is -2.27. The molecule has 1 saturated heterocycles. The Kier molecular flexibility index (Phi) is 6.84. The van der Waals surface area contributed by atoms with Crippen molar-refractivity contribution >= 4 is 23.0 Å². The third-order valence-electron chi connectivity index (χ3n) is 4.56. The summed E-state index contributed by atoms with van der Waals surface area (Å²) in [5.41, 5.74) is 1.29. The van der Waals surface area contributed by atoms with E-state index in [4.69, 9.17) is 4.74 Å². The van der Waals surface area contributed by atoms with Crippen LogP contribution in [0, 0.1) is 0 Å². The number of aromatic nitrogens is 1. The van der Waals surface area contributed by atoms with E-state index < -0.39 is 18.2 Å². The van der Waals surface area contributed by atoms with E-state index in [2.05, 4.69) is 11.6 Å². The number of rotatable bonds is 6. The number of hydrogen-bond acceptors (Lipinski definition) is 6. The number of ether oxygens (including phenoxy) is 1. The van der Waals surface area contributed by atoms with Gasteiger partial charge in [-0.15, -0.1) is 0 Å². The topological polar surface area (TPSA) is 79.7 Å². The van der Waals surface area contributed by atoms with Gasteiger partial charge in [0.1, 0.15) is 6.61 Å². The summed E-state index contributed by atoms with van der Waals surface area (Å²) in [6.45, 7) is 3.96. The highest BCUT2D eigenvalue weighted by Crippen LogP contribution is 2.36. The maximum Gasteiger partial charge on any atom is 0.410 e. The van der Waals surface area contributed by atoms with Crippen LogP contribution in [0.4, 0.5) is 4.79 Å². The molecule has 3 rings (SSSR count). The Hall–Kier alpha value is -2.64. The molecule has 6 nitrogen and oxygen atoms in total. The Bertz CT molecular complexity index is 816. The number of nitrogens with zero attached hydrogens (tertiary/aromatic N) is 2. The molecule has 1 N–H and O–H groups in total. The standard InChI is InChI=1S/C21H22N2O4S/c1-2-12-27-21(26)23-14-17(28-20(25)16-6-4-3-5-7-16)13-18(23)19(24)15-8-10-22-11-9-15/h2-11,17-19,24H,1,12-14H2/t17-,18-,19-/m0/s1. The summed E-state index contributed by atoms with van der Waals surface area (Å²) < 4.78 is 5.18. The van der Waals surface area contributed by atoms with Gasteiger partial charge < -0.3 is 14.7 Å². The van der Waals surface area contributed by atoms with Gasteiger partial charge in [-0.25, -0.2) is 4.79 Å². The van der Waals surface area contributed by atoms with Gasteiger partial charge in [-0.2, -0.15) is 0 Å². The summed E-state index contributed by atoms with van der Waals surface area (Å²) in [5.74, 6) is 0. The summed E-state index contributed by atoms with van der Waals surface area (Å²) in [4.78, 5) is 30.5. The highest BCUT2D eigenvalue weighted by molar-refractivity contribution is 8.14. The van der Waals surface area contributed by atoms with Gasteiger partial charge >= 0.3 is 6.09 Å². The number of aliphatic hydroxyl groups is 1. The summed E-state index contributed by atoms with van der Waals surface area (Å²) >= 11 is 1.19. The summed E-state index contributed by atoms with van der Waals surface area (Å²) in [7, 11) is 0. The van der Waals surface area contributed by atoms with Crippen LogP contribution in [-0.4, -0.2) is 50.6 Å². The molecule has 2 aromatic rings. The Balaban J connectivity index is 1.75. The SMILES string of the molecule is C=CCOC(=O)N1C[C@@H](SC(=O)c2ccccc2)C[C@H]1[C@@H](O)c1ccncc1. The largest absolute Gasteiger partial charge is 0.445 e. The molecule has 7 heteroatoms. The van der Waals surface area contributed by atoms with Gasteiger partial charge in [0, 0.05) is 29.8 Å². The van der Waals surface area contributed by atoms with Crippen LogP contribution in [-0.2, 0) is 4.74 Å². The summed E-state index contributed by atoms with van der Waals surface area (Å²) in [6.07, 6.45) is 3.76. The van der Waals surface area contributed by atoms with Crippen molar-refractivity contribution in [2.24, 2.45) is 0 Å². The summed E-state index contributed by atoms with van der Waals surface area (Å²) in [5, 5.41) is 10.7. The minimum Gasteiger partial charge on any atom is -0.445 e. The molecule has 1 aliphatic rings. The highest BCUT2D eigenvalue weighted by atomic mass is 32.2. The van der Waals surface area contributed by atoms with Gasteiger partial charge in [0.2, 0.25) is 5.12 Å². The van der Waals surface area contributed by atoms with Gasteiger partial charge in [-0.3, -0.25) is 9.78 Å². The van der Waals surface area contributed by atoms with Crippen LogP contribution in [0.5, 0.6) is 0 Å². The number of benzene rings is 1. The molecular weight excluding hydrogens is 376 g/mol. The number of pyridine rings is 1. The first-order valence-electron chi connectivity index (χ1n) is 8.98. The van der Waals surface area contributed by atoms with Crippen molar-refractivity contribution < 1.29 is 19.4 Å². The molecule has 1 aromatic heterocycles. The highest BCUT2D eigenvalue weighted by Gasteiger charge is 2.41. The lowest BCUT2D eigenvalue weighted by atomic mass is 10.0. The van der Waals surface area contributed by atoms with Crippen LogP contribution >= 0.6 is 11.8 Å². The van der Waals surface area contributed by atoms with E-state index in [1.165, 1.54) is 22.7 Å². The normalized spacial score (nSPS) is 19.8. The Morgan fingerprint density at radius 1 is 1.29 bits per heavy atom. The second-order valence-electron chi connectivity index (χ2n) is 6.44. The average molecular weight is 398 g/mol. The molecule has 0 bridgehead atoms. The number of likely N-dealkylation sites (tertiary alicyclic amines) is 1. The Morgan fingerprint density at radius 3 is 2.68 bits per heavy atom. The van der Waals surface area contributed by atoms with Gasteiger partial charge in [0.25, 0.3) is 0 Å². The number of thioether (sulfide) groups is 1. The fourth-order valence-corrected chi connectivity index (χ4v) is 4.31. The van der Waals surface area contributed by atoms with E-state index in [9.17, 15) is 14.7 Å². The molecule has 0 unspecified atom stereocenters. The smallest absolute Gasteiger partial charge is 0.410 e. The van der Waals surface area contributed by atoms with Gasteiger partial charge in [-0.05, 0) is 24.1 Å². The second-order valence-corrected chi connectivity index (χ2v) is 7.71. The minimum absolute atomic E-state index is 0.0518. The van der Waals surface area contributed by atoms with E-state index in [0.29, 0.717) is 24.1 Å². The van der Waals surface area contributed by atoms with Gasteiger partial charge in [0.05, 0.1) is 12.1 Å². The zero-order chi connectivity index (χ0) is 19.9. The van der Waals surface area contributed by atoms with E-state index in [-0.39, 0.29) is 17.0 Å². The first kappa shape index (κ1) is 20.1. The number of carbonyl (C=O) groups excluding carboxylic acids is 2. The fourth-order valence-electron chi connectivity index (χ4n) is 3.21. The quantitative estimate of drug-likeness (QED) is 0.751. The van der Waals surface area contributed by atoms with Crippen LogP contribution in [0.2, 0.25) is 0 Å². The first-order valence-corrected chi connectivity index (χ1v) is 9.86. The van der Waals surface area contributed by atoms with Crippen LogP contribution in [0.15, 0.2) is 67.5 Å². The van der Waals surface area contributed by atoms with Crippen molar-refractivity contribution in [2.45, 2.75) is 23.8 Å². The monoisotopic (exact) mass is 398 g/mol. The molecule has 0 radical (unpaired) electrons. The van der Waals surface area contributed by atoms with Crippen LogP contribution in [0.25, 0.3) is 0 Å². The molecule has 0 aliphatic carbocycles. The molecule has 1 aliphatic heterocycles. The molecule has 1 fully saturated rings. The van der Waals surface area contributed by atoms with Crippen molar-refractivity contribution in [3.8, 4) is 0 Å². The van der Waals surface area contributed by atoms with E-state index in [1.54, 1.807) is 36.7 Å². The van der Waals surface area contributed by atoms with Crippen molar-refractivity contribution in [1.29, 1.82) is 0 Å². The molecule has 1 aromatic carbocycles. The number of aliphatic hydroxyl groups excluding tert-OH is 1. The van der Waals surface area contributed by atoms with E-state index in [0.717, 1.165) is 0 Å². The molecule has 0 spiro atoms. The Morgan fingerprint density at radius 2 is 2.00 bits per heavy atom.